The monoisotopic (exact) mass is 538 g/mol. The molecule has 1 aromatic carbocycles. The number of benzene rings is 1. The second-order valence-electron chi connectivity index (χ2n) is 8.88. The molecule has 10 heteroatoms. The molecule has 0 bridgehead atoms. The molecule has 39 heavy (non-hydrogen) atoms. The SMILES string of the molecule is C=C/C(C)=C(\NC)c1cc(C)nc2c(OCc3cc(F)cnc3Cn3cccc(C(F)(F)F)c3=O)cccc12. The number of halogens is 4. The van der Waals surface area contributed by atoms with Gasteiger partial charge in [-0.05, 0) is 49.8 Å². The molecular weight excluding hydrogens is 512 g/mol. The Labute approximate surface area is 222 Å². The van der Waals surface area contributed by atoms with Gasteiger partial charge in [-0.2, -0.15) is 13.2 Å². The number of hydrogen-bond donors (Lipinski definition) is 1. The minimum Gasteiger partial charge on any atom is -0.487 e. The van der Waals surface area contributed by atoms with E-state index in [1.54, 1.807) is 12.1 Å². The third-order valence-electron chi connectivity index (χ3n) is 6.21. The van der Waals surface area contributed by atoms with Gasteiger partial charge in [0.05, 0.1) is 18.4 Å². The fourth-order valence-corrected chi connectivity index (χ4v) is 4.29. The van der Waals surface area contributed by atoms with Crippen LogP contribution in [0.15, 0.2) is 77.9 Å². The largest absolute Gasteiger partial charge is 0.487 e. The molecule has 0 saturated heterocycles. The van der Waals surface area contributed by atoms with E-state index in [9.17, 15) is 22.4 Å². The summed E-state index contributed by atoms with van der Waals surface area (Å²) in [6, 6.07) is 10.4. The number of nitrogens with one attached hydrogen (secondary N) is 1. The lowest BCUT2D eigenvalue weighted by atomic mass is 10.0. The van der Waals surface area contributed by atoms with Crippen molar-refractivity contribution in [3.63, 3.8) is 0 Å². The molecule has 1 N–H and O–H groups in total. The van der Waals surface area contributed by atoms with Gasteiger partial charge in [0.15, 0.2) is 0 Å². The van der Waals surface area contributed by atoms with Crippen molar-refractivity contribution in [1.82, 2.24) is 19.9 Å². The summed E-state index contributed by atoms with van der Waals surface area (Å²) >= 11 is 0. The molecule has 0 unspecified atom stereocenters. The van der Waals surface area contributed by atoms with Gasteiger partial charge in [-0.1, -0.05) is 24.8 Å². The zero-order valence-corrected chi connectivity index (χ0v) is 21.6. The predicted molar refractivity (Wildman–Crippen MR) is 142 cm³/mol. The van der Waals surface area contributed by atoms with Crippen LogP contribution in [0.2, 0.25) is 0 Å². The molecule has 6 nitrogen and oxygen atoms in total. The van der Waals surface area contributed by atoms with Crippen molar-refractivity contribution in [2.75, 3.05) is 7.05 Å². The van der Waals surface area contributed by atoms with Gasteiger partial charge < -0.3 is 14.6 Å². The van der Waals surface area contributed by atoms with Crippen molar-refractivity contribution in [2.45, 2.75) is 33.2 Å². The molecule has 0 saturated carbocycles. The number of aromatic nitrogens is 3. The molecule has 0 aliphatic carbocycles. The van der Waals surface area contributed by atoms with E-state index in [0.717, 1.165) is 50.8 Å². The summed E-state index contributed by atoms with van der Waals surface area (Å²) in [5.41, 5.74) is 2.02. The highest BCUT2D eigenvalue weighted by Crippen LogP contribution is 2.32. The molecule has 4 rings (SSSR count). The maximum atomic E-state index is 14.1. The molecule has 3 heterocycles. The molecular formula is C29H26F4N4O2. The van der Waals surface area contributed by atoms with Gasteiger partial charge in [-0.25, -0.2) is 9.37 Å². The van der Waals surface area contributed by atoms with Crippen LogP contribution in [0.4, 0.5) is 17.6 Å². The molecule has 4 aromatic rings. The summed E-state index contributed by atoms with van der Waals surface area (Å²) in [5, 5.41) is 4.03. The Balaban J connectivity index is 1.71. The minimum atomic E-state index is -4.80. The average Bonchev–Trinajstić information content (AvgIpc) is 2.89. The first-order chi connectivity index (χ1) is 18.5. The van der Waals surface area contributed by atoms with Crippen LogP contribution in [0.25, 0.3) is 16.6 Å². The van der Waals surface area contributed by atoms with Crippen LogP contribution in [0.1, 0.15) is 35.0 Å². The van der Waals surface area contributed by atoms with Crippen LogP contribution in [0.3, 0.4) is 0 Å². The second kappa shape index (κ2) is 11.1. The zero-order chi connectivity index (χ0) is 28.3. The van der Waals surface area contributed by atoms with Gasteiger partial charge in [0.25, 0.3) is 5.56 Å². The van der Waals surface area contributed by atoms with Gasteiger partial charge in [0.1, 0.15) is 29.3 Å². The summed E-state index contributed by atoms with van der Waals surface area (Å²) < 4.78 is 60.7. The molecule has 0 aliphatic rings. The van der Waals surface area contributed by atoms with Crippen LogP contribution < -0.4 is 15.6 Å². The molecule has 0 spiro atoms. The predicted octanol–water partition coefficient (Wildman–Crippen LogP) is 6.02. The van der Waals surface area contributed by atoms with E-state index in [4.69, 9.17) is 4.74 Å². The average molecular weight is 539 g/mol. The Bertz CT molecular complexity index is 1640. The first-order valence-corrected chi connectivity index (χ1v) is 12.0. The molecule has 0 amide bonds. The number of aryl methyl sites for hydroxylation is 1. The van der Waals surface area contributed by atoms with Crippen molar-refractivity contribution in [3.8, 4) is 5.75 Å². The normalized spacial score (nSPS) is 12.3. The summed E-state index contributed by atoms with van der Waals surface area (Å²) in [7, 11) is 1.82. The summed E-state index contributed by atoms with van der Waals surface area (Å²) in [4.78, 5) is 21.1. The van der Waals surface area contributed by atoms with E-state index in [-0.39, 0.29) is 24.4 Å². The Morgan fingerprint density at radius 2 is 1.97 bits per heavy atom. The lowest BCUT2D eigenvalue weighted by molar-refractivity contribution is -0.138. The van der Waals surface area contributed by atoms with Crippen LogP contribution >= 0.6 is 0 Å². The number of allylic oxidation sites excluding steroid dienone is 2. The maximum Gasteiger partial charge on any atom is 0.421 e. The Morgan fingerprint density at radius 1 is 1.21 bits per heavy atom. The second-order valence-corrected chi connectivity index (χ2v) is 8.88. The van der Waals surface area contributed by atoms with E-state index >= 15 is 0 Å². The third kappa shape index (κ3) is 5.84. The fourth-order valence-electron chi connectivity index (χ4n) is 4.29. The minimum absolute atomic E-state index is 0.154. The summed E-state index contributed by atoms with van der Waals surface area (Å²) in [5.74, 6) is -0.220. The number of rotatable bonds is 8. The fraction of sp³-hybridized carbons (Fsp3) is 0.207. The highest BCUT2D eigenvalue weighted by Gasteiger charge is 2.34. The number of ether oxygens (including phenoxy) is 1. The van der Waals surface area contributed by atoms with Crippen LogP contribution in [0, 0.1) is 12.7 Å². The van der Waals surface area contributed by atoms with E-state index in [0.29, 0.717) is 11.3 Å². The number of nitrogens with zero attached hydrogens (tertiary/aromatic N) is 3. The van der Waals surface area contributed by atoms with Crippen molar-refractivity contribution >= 4 is 16.6 Å². The van der Waals surface area contributed by atoms with Crippen molar-refractivity contribution in [3.05, 3.63) is 117 Å². The van der Waals surface area contributed by atoms with E-state index < -0.39 is 23.1 Å². The Hall–Kier alpha value is -4.47. The Morgan fingerprint density at radius 3 is 2.67 bits per heavy atom. The van der Waals surface area contributed by atoms with Crippen LogP contribution in [0.5, 0.6) is 5.75 Å². The first-order valence-electron chi connectivity index (χ1n) is 12.0. The molecule has 0 atom stereocenters. The molecule has 202 valence electrons. The number of alkyl halides is 3. The van der Waals surface area contributed by atoms with Gasteiger partial charge in [-0.3, -0.25) is 9.78 Å². The highest BCUT2D eigenvalue weighted by atomic mass is 19.4. The van der Waals surface area contributed by atoms with Crippen molar-refractivity contribution in [2.24, 2.45) is 0 Å². The first kappa shape index (κ1) is 27.6. The third-order valence-corrected chi connectivity index (χ3v) is 6.21. The molecule has 3 aromatic heterocycles. The number of fused-ring (bicyclic) bond motifs is 1. The van der Waals surface area contributed by atoms with Gasteiger partial charge >= 0.3 is 6.18 Å². The van der Waals surface area contributed by atoms with E-state index in [1.165, 1.54) is 12.3 Å². The standard InChI is InChI=1S/C29H26F4N4O2/c1-5-17(2)26(34-4)22-12-18(3)36-27-21(22)8-6-10-25(27)39-16-19-13-20(30)14-35-24(19)15-37-11-7-9-23(28(37)38)29(31,32)33/h5-14,34H,1,15-16H2,2-4H3/b26-17-. The van der Waals surface area contributed by atoms with Crippen molar-refractivity contribution < 1.29 is 22.3 Å². The lowest BCUT2D eigenvalue weighted by Crippen LogP contribution is -2.28. The van der Waals surface area contributed by atoms with E-state index in [1.807, 2.05) is 39.1 Å². The smallest absolute Gasteiger partial charge is 0.421 e. The molecule has 0 fully saturated rings. The number of hydrogen-bond acceptors (Lipinski definition) is 5. The highest BCUT2D eigenvalue weighted by molar-refractivity contribution is 5.95. The summed E-state index contributed by atoms with van der Waals surface area (Å²) in [6.07, 6.45) is -0.875. The van der Waals surface area contributed by atoms with Gasteiger partial charge in [-0.15, -0.1) is 0 Å². The van der Waals surface area contributed by atoms with E-state index in [2.05, 4.69) is 21.9 Å². The van der Waals surface area contributed by atoms with Crippen molar-refractivity contribution in [1.29, 1.82) is 0 Å². The van der Waals surface area contributed by atoms with Gasteiger partial charge in [0, 0.05) is 41.1 Å². The maximum absolute atomic E-state index is 14.1. The number of pyridine rings is 3. The summed E-state index contributed by atoms with van der Waals surface area (Å²) in [6.45, 7) is 7.20. The van der Waals surface area contributed by atoms with Gasteiger partial charge in [0.2, 0.25) is 0 Å². The lowest BCUT2D eigenvalue weighted by Gasteiger charge is -2.17. The Kier molecular flexibility index (Phi) is 7.85. The van der Waals surface area contributed by atoms with Crippen LogP contribution in [-0.4, -0.2) is 21.6 Å². The topological polar surface area (TPSA) is 69.0 Å². The number of para-hydroxylation sites is 1. The molecule has 0 radical (unpaired) electrons. The molecule has 0 aliphatic heterocycles. The van der Waals surface area contributed by atoms with Crippen LogP contribution in [-0.2, 0) is 19.3 Å². The zero-order valence-electron chi connectivity index (χ0n) is 21.6. The quantitative estimate of drug-likeness (QED) is 0.220.